The summed E-state index contributed by atoms with van der Waals surface area (Å²) in [6.45, 7) is 2.02. The maximum atomic E-state index is 12.0. The summed E-state index contributed by atoms with van der Waals surface area (Å²) in [6, 6.07) is 15.7. The molecule has 0 aliphatic carbocycles. The molecule has 0 aromatic heterocycles. The van der Waals surface area contributed by atoms with Crippen LogP contribution in [0.2, 0.25) is 0 Å². The van der Waals surface area contributed by atoms with Gasteiger partial charge in [-0.3, -0.25) is 4.79 Å². The quantitative estimate of drug-likeness (QED) is 0.829. The lowest BCUT2D eigenvalue weighted by Crippen LogP contribution is -2.14. The molecule has 0 saturated heterocycles. The van der Waals surface area contributed by atoms with Crippen molar-refractivity contribution in [2.75, 3.05) is 11.2 Å². The van der Waals surface area contributed by atoms with E-state index in [2.05, 4.69) is 5.32 Å². The largest absolute Gasteiger partial charge is 0.326 e. The van der Waals surface area contributed by atoms with E-state index in [0.717, 1.165) is 23.2 Å². The van der Waals surface area contributed by atoms with Crippen molar-refractivity contribution in [1.29, 1.82) is 0 Å². The van der Waals surface area contributed by atoms with Crippen LogP contribution in [0.1, 0.15) is 16.7 Å². The van der Waals surface area contributed by atoms with Gasteiger partial charge in [0.25, 0.3) is 0 Å². The zero-order valence-corrected chi connectivity index (χ0v) is 12.3. The van der Waals surface area contributed by atoms with Crippen LogP contribution in [0.3, 0.4) is 0 Å². The van der Waals surface area contributed by atoms with Gasteiger partial charge in [-0.05, 0) is 42.2 Å². The Morgan fingerprint density at radius 2 is 1.80 bits per heavy atom. The molecule has 0 aliphatic rings. The van der Waals surface area contributed by atoms with Crippen molar-refractivity contribution in [3.63, 3.8) is 0 Å². The van der Waals surface area contributed by atoms with E-state index in [9.17, 15) is 4.79 Å². The number of benzene rings is 2. The Kier molecular flexibility index (Phi) is 5.19. The zero-order chi connectivity index (χ0) is 14.4. The summed E-state index contributed by atoms with van der Waals surface area (Å²) in [7, 11) is 0. The molecule has 104 valence electrons. The summed E-state index contributed by atoms with van der Waals surface area (Å²) in [6.07, 6.45) is 1.25. The van der Waals surface area contributed by atoms with E-state index < -0.39 is 0 Å². The zero-order valence-electron chi connectivity index (χ0n) is 11.5. The number of rotatable bonds is 5. The van der Waals surface area contributed by atoms with Crippen molar-refractivity contribution in [3.05, 3.63) is 65.2 Å². The first kappa shape index (κ1) is 14.6. The third-order valence-corrected chi connectivity index (χ3v) is 3.42. The summed E-state index contributed by atoms with van der Waals surface area (Å²) < 4.78 is 0. The van der Waals surface area contributed by atoms with Gasteiger partial charge in [0.1, 0.15) is 0 Å². The van der Waals surface area contributed by atoms with Crippen LogP contribution in [0.15, 0.2) is 48.5 Å². The number of amides is 1. The van der Waals surface area contributed by atoms with Crippen molar-refractivity contribution in [1.82, 2.24) is 0 Å². The molecular weight excluding hydrogens is 270 g/mol. The van der Waals surface area contributed by atoms with Gasteiger partial charge in [0.2, 0.25) is 5.91 Å². The van der Waals surface area contributed by atoms with Crippen LogP contribution in [0.5, 0.6) is 0 Å². The average molecular weight is 288 g/mol. The Balaban J connectivity index is 1.96. The van der Waals surface area contributed by atoms with Gasteiger partial charge in [0.05, 0.1) is 6.42 Å². The van der Waals surface area contributed by atoms with E-state index in [4.69, 9.17) is 11.6 Å². The van der Waals surface area contributed by atoms with Crippen molar-refractivity contribution in [2.24, 2.45) is 0 Å². The summed E-state index contributed by atoms with van der Waals surface area (Å²) in [5.74, 6) is 0.614. The Hall–Kier alpha value is -1.80. The molecule has 2 rings (SSSR count). The molecule has 0 fully saturated rings. The SMILES string of the molecule is Cc1ccccc1CC(=O)Nc1ccc(CCCl)cc1. The number of carbonyl (C=O) groups excluding carboxylic acids is 1. The maximum Gasteiger partial charge on any atom is 0.228 e. The lowest BCUT2D eigenvalue weighted by molar-refractivity contribution is -0.115. The molecule has 20 heavy (non-hydrogen) atoms. The number of nitrogens with one attached hydrogen (secondary N) is 1. The predicted molar refractivity (Wildman–Crippen MR) is 84.4 cm³/mol. The van der Waals surface area contributed by atoms with Crippen LogP contribution < -0.4 is 5.32 Å². The van der Waals surface area contributed by atoms with E-state index in [1.165, 1.54) is 5.56 Å². The number of hydrogen-bond acceptors (Lipinski definition) is 1. The molecule has 0 saturated carbocycles. The number of anilines is 1. The Morgan fingerprint density at radius 1 is 1.10 bits per heavy atom. The molecule has 2 aromatic rings. The molecule has 0 unspecified atom stereocenters. The average Bonchev–Trinajstić information content (AvgIpc) is 2.44. The van der Waals surface area contributed by atoms with Gasteiger partial charge < -0.3 is 5.32 Å². The van der Waals surface area contributed by atoms with E-state index in [-0.39, 0.29) is 5.91 Å². The summed E-state index contributed by atoms with van der Waals surface area (Å²) >= 11 is 5.70. The fourth-order valence-corrected chi connectivity index (χ4v) is 2.27. The number of carbonyl (C=O) groups is 1. The van der Waals surface area contributed by atoms with Crippen LogP contribution in [0, 0.1) is 6.92 Å². The molecular formula is C17H18ClNO. The molecule has 2 aromatic carbocycles. The Labute approximate surface area is 124 Å². The molecule has 0 radical (unpaired) electrons. The third-order valence-electron chi connectivity index (χ3n) is 3.23. The second kappa shape index (κ2) is 7.11. The molecule has 1 N–H and O–H groups in total. The van der Waals surface area contributed by atoms with Crippen molar-refractivity contribution in [3.8, 4) is 0 Å². The van der Waals surface area contributed by atoms with Gasteiger partial charge in [-0.15, -0.1) is 11.6 Å². The van der Waals surface area contributed by atoms with Gasteiger partial charge in [-0.25, -0.2) is 0 Å². The topological polar surface area (TPSA) is 29.1 Å². The minimum Gasteiger partial charge on any atom is -0.326 e. The van der Waals surface area contributed by atoms with Crippen molar-refractivity contribution >= 4 is 23.2 Å². The highest BCUT2D eigenvalue weighted by atomic mass is 35.5. The first-order valence-electron chi connectivity index (χ1n) is 6.68. The number of aryl methyl sites for hydroxylation is 2. The number of hydrogen-bond donors (Lipinski definition) is 1. The second-order valence-electron chi connectivity index (χ2n) is 4.79. The van der Waals surface area contributed by atoms with Crippen LogP contribution >= 0.6 is 11.6 Å². The van der Waals surface area contributed by atoms with Crippen LogP contribution in [-0.2, 0) is 17.6 Å². The Bertz CT molecular complexity index is 578. The lowest BCUT2D eigenvalue weighted by atomic mass is 10.1. The fraction of sp³-hybridized carbons (Fsp3) is 0.235. The predicted octanol–water partition coefficient (Wildman–Crippen LogP) is 3.96. The molecule has 0 heterocycles. The van der Waals surface area contributed by atoms with Crippen LogP contribution in [0.4, 0.5) is 5.69 Å². The monoisotopic (exact) mass is 287 g/mol. The van der Waals surface area contributed by atoms with Gasteiger partial charge in [0.15, 0.2) is 0 Å². The van der Waals surface area contributed by atoms with Gasteiger partial charge in [0, 0.05) is 11.6 Å². The summed E-state index contributed by atoms with van der Waals surface area (Å²) in [4.78, 5) is 12.0. The standard InChI is InChI=1S/C17H18ClNO/c1-13-4-2-3-5-15(13)12-17(20)19-16-8-6-14(7-9-16)10-11-18/h2-9H,10-12H2,1H3,(H,19,20). The summed E-state index contributed by atoms with van der Waals surface area (Å²) in [5.41, 5.74) is 4.20. The molecule has 3 heteroatoms. The number of halogens is 1. The minimum absolute atomic E-state index is 0.00407. The normalized spacial score (nSPS) is 10.3. The summed E-state index contributed by atoms with van der Waals surface area (Å²) in [5, 5.41) is 2.92. The second-order valence-corrected chi connectivity index (χ2v) is 5.17. The van der Waals surface area contributed by atoms with Crippen molar-refractivity contribution < 1.29 is 4.79 Å². The number of alkyl halides is 1. The lowest BCUT2D eigenvalue weighted by Gasteiger charge is -2.08. The van der Waals surface area contributed by atoms with E-state index in [1.807, 2.05) is 55.5 Å². The first-order chi connectivity index (χ1) is 9.69. The Morgan fingerprint density at radius 3 is 2.45 bits per heavy atom. The molecule has 0 atom stereocenters. The molecule has 2 nitrogen and oxygen atoms in total. The van der Waals surface area contributed by atoms with Crippen molar-refractivity contribution in [2.45, 2.75) is 19.8 Å². The maximum absolute atomic E-state index is 12.0. The van der Waals surface area contributed by atoms with Gasteiger partial charge in [-0.2, -0.15) is 0 Å². The molecule has 0 spiro atoms. The molecule has 1 amide bonds. The van der Waals surface area contributed by atoms with Gasteiger partial charge in [-0.1, -0.05) is 36.4 Å². The van der Waals surface area contributed by atoms with E-state index >= 15 is 0 Å². The highest BCUT2D eigenvalue weighted by Gasteiger charge is 2.06. The third kappa shape index (κ3) is 4.10. The molecule has 0 aliphatic heterocycles. The fourth-order valence-electron chi connectivity index (χ4n) is 2.05. The van der Waals surface area contributed by atoms with E-state index in [0.29, 0.717) is 12.3 Å². The highest BCUT2D eigenvalue weighted by Crippen LogP contribution is 2.12. The van der Waals surface area contributed by atoms with Crippen LogP contribution in [0.25, 0.3) is 0 Å². The van der Waals surface area contributed by atoms with Gasteiger partial charge >= 0.3 is 0 Å². The minimum atomic E-state index is 0.00407. The smallest absolute Gasteiger partial charge is 0.228 e. The first-order valence-corrected chi connectivity index (χ1v) is 7.22. The van der Waals surface area contributed by atoms with Crippen LogP contribution in [-0.4, -0.2) is 11.8 Å². The molecule has 0 bridgehead atoms. The highest BCUT2D eigenvalue weighted by molar-refractivity contribution is 6.18. The van der Waals surface area contributed by atoms with E-state index in [1.54, 1.807) is 0 Å².